The van der Waals surface area contributed by atoms with Crippen molar-refractivity contribution in [1.82, 2.24) is 19.8 Å². The lowest BCUT2D eigenvalue weighted by atomic mass is 9.98. The molecule has 3 fully saturated rings. The van der Waals surface area contributed by atoms with Crippen LogP contribution in [0.2, 0.25) is 0 Å². The summed E-state index contributed by atoms with van der Waals surface area (Å²) in [4.78, 5) is 15.3. The Morgan fingerprint density at radius 2 is 1.58 bits per heavy atom. The first kappa shape index (κ1) is 18.1. The van der Waals surface area contributed by atoms with Gasteiger partial charge >= 0.3 is 0 Å². The molecule has 0 saturated carbocycles. The maximum absolute atomic E-state index is 12.9. The van der Waals surface area contributed by atoms with Gasteiger partial charge in [-0.15, -0.1) is 0 Å². The second-order valence-corrected chi connectivity index (χ2v) is 8.11. The second kappa shape index (κ2) is 8.15. The van der Waals surface area contributed by atoms with Gasteiger partial charge in [0.05, 0.1) is 24.6 Å². The van der Waals surface area contributed by atoms with Crippen LogP contribution in [0.3, 0.4) is 0 Å². The minimum absolute atomic E-state index is 0.337. The molecule has 7 heteroatoms. The van der Waals surface area contributed by atoms with Crippen molar-refractivity contribution in [3.63, 3.8) is 0 Å². The van der Waals surface area contributed by atoms with Crippen molar-refractivity contribution in [2.24, 2.45) is 5.92 Å². The number of hydrogen-bond donors (Lipinski definition) is 0. The molecule has 4 rings (SSSR count). The maximum atomic E-state index is 12.9. The molecular formula is C19H30FN5O. The summed E-state index contributed by atoms with van der Waals surface area (Å²) in [5, 5.41) is 0. The van der Waals surface area contributed by atoms with Gasteiger partial charge in [0.15, 0.2) is 5.82 Å². The van der Waals surface area contributed by atoms with E-state index in [1.165, 1.54) is 45.1 Å². The molecule has 1 aromatic rings. The summed E-state index contributed by atoms with van der Waals surface area (Å²) in [5.74, 6) is 1.11. The summed E-state index contributed by atoms with van der Waals surface area (Å²) in [5.41, 5.74) is 0. The summed E-state index contributed by atoms with van der Waals surface area (Å²) in [6, 6.07) is 0. The largest absolute Gasteiger partial charge is 0.375 e. The van der Waals surface area contributed by atoms with Crippen LogP contribution in [0.4, 0.5) is 10.3 Å². The van der Waals surface area contributed by atoms with Gasteiger partial charge in [0.2, 0.25) is 5.95 Å². The number of anilines is 1. The minimum Gasteiger partial charge on any atom is -0.375 e. The van der Waals surface area contributed by atoms with Gasteiger partial charge in [-0.2, -0.15) is 0 Å². The molecule has 0 unspecified atom stereocenters. The molecule has 0 spiro atoms. The van der Waals surface area contributed by atoms with Crippen molar-refractivity contribution < 1.29 is 9.13 Å². The Morgan fingerprint density at radius 3 is 2.15 bits per heavy atom. The summed E-state index contributed by atoms with van der Waals surface area (Å²) in [6.45, 7) is 7.88. The van der Waals surface area contributed by atoms with E-state index >= 15 is 0 Å². The van der Waals surface area contributed by atoms with Gasteiger partial charge in [-0.3, -0.25) is 0 Å². The summed E-state index contributed by atoms with van der Waals surface area (Å²) < 4.78 is 19.3. The quantitative estimate of drug-likeness (QED) is 0.792. The minimum atomic E-state index is -0.386. The Bertz CT molecular complexity index is 564. The molecule has 26 heavy (non-hydrogen) atoms. The van der Waals surface area contributed by atoms with Crippen molar-refractivity contribution in [1.29, 1.82) is 0 Å². The lowest BCUT2D eigenvalue weighted by Gasteiger charge is -2.42. The van der Waals surface area contributed by atoms with Crippen LogP contribution in [0.25, 0.3) is 0 Å². The zero-order valence-electron chi connectivity index (χ0n) is 15.7. The number of halogens is 1. The van der Waals surface area contributed by atoms with Gasteiger partial charge in [0.25, 0.3) is 0 Å². The summed E-state index contributed by atoms with van der Waals surface area (Å²) in [7, 11) is 2.20. The first-order chi connectivity index (χ1) is 12.7. The number of nitrogens with zero attached hydrogens (tertiary/aromatic N) is 5. The Kier molecular flexibility index (Phi) is 5.66. The first-order valence-electron chi connectivity index (χ1n) is 9.94. The van der Waals surface area contributed by atoms with Crippen LogP contribution in [0.5, 0.6) is 0 Å². The first-order valence-corrected chi connectivity index (χ1v) is 9.94. The third-order valence-electron chi connectivity index (χ3n) is 5.91. The molecular weight excluding hydrogens is 333 g/mol. The topological polar surface area (TPSA) is 44.7 Å². The van der Waals surface area contributed by atoms with Gasteiger partial charge in [0.1, 0.15) is 0 Å². The van der Waals surface area contributed by atoms with Gasteiger partial charge in [-0.1, -0.05) is 0 Å². The molecule has 4 heterocycles. The SMILES string of the molecule is CN1CC(CN2CCC(OC3CCN(c4ncc(F)cn4)CC3)CC2)C1. The molecule has 0 aliphatic carbocycles. The fourth-order valence-corrected chi connectivity index (χ4v) is 4.47. The lowest BCUT2D eigenvalue weighted by molar-refractivity contribution is -0.0548. The highest BCUT2D eigenvalue weighted by Gasteiger charge is 2.29. The Hall–Kier alpha value is -1.31. The van der Waals surface area contributed by atoms with Crippen molar-refractivity contribution >= 4 is 5.95 Å². The van der Waals surface area contributed by atoms with Crippen LogP contribution in [0.15, 0.2) is 12.4 Å². The number of ether oxygens (including phenoxy) is 1. The number of likely N-dealkylation sites (tertiary alicyclic amines) is 2. The molecule has 0 bridgehead atoms. The third kappa shape index (κ3) is 4.50. The fraction of sp³-hybridized carbons (Fsp3) is 0.789. The molecule has 1 aromatic heterocycles. The Labute approximate surface area is 155 Å². The number of rotatable bonds is 5. The lowest BCUT2D eigenvalue weighted by Crippen LogP contribution is -2.51. The molecule has 3 aliphatic heterocycles. The number of piperidine rings is 2. The smallest absolute Gasteiger partial charge is 0.225 e. The van der Waals surface area contributed by atoms with E-state index in [1.807, 2.05) is 0 Å². The van der Waals surface area contributed by atoms with E-state index in [0.717, 1.165) is 44.7 Å². The van der Waals surface area contributed by atoms with E-state index in [-0.39, 0.29) is 5.82 Å². The number of aromatic nitrogens is 2. The Balaban J connectivity index is 1.15. The fourth-order valence-electron chi connectivity index (χ4n) is 4.47. The van der Waals surface area contributed by atoms with Crippen LogP contribution in [-0.4, -0.2) is 84.8 Å². The van der Waals surface area contributed by atoms with Gasteiger partial charge in [0, 0.05) is 45.8 Å². The average Bonchev–Trinajstić information content (AvgIpc) is 2.63. The zero-order chi connectivity index (χ0) is 17.9. The van der Waals surface area contributed by atoms with Crippen molar-refractivity contribution in [3.05, 3.63) is 18.2 Å². The molecule has 6 nitrogen and oxygen atoms in total. The van der Waals surface area contributed by atoms with Crippen LogP contribution < -0.4 is 4.90 Å². The highest BCUT2D eigenvalue weighted by atomic mass is 19.1. The van der Waals surface area contributed by atoms with Crippen LogP contribution >= 0.6 is 0 Å². The average molecular weight is 363 g/mol. The predicted molar refractivity (Wildman–Crippen MR) is 98.8 cm³/mol. The molecule has 3 saturated heterocycles. The van der Waals surface area contributed by atoms with E-state index in [9.17, 15) is 4.39 Å². The van der Waals surface area contributed by atoms with E-state index in [4.69, 9.17) is 4.74 Å². The van der Waals surface area contributed by atoms with Crippen molar-refractivity contribution in [3.8, 4) is 0 Å². The van der Waals surface area contributed by atoms with Gasteiger partial charge in [-0.25, -0.2) is 14.4 Å². The molecule has 0 atom stereocenters. The third-order valence-corrected chi connectivity index (χ3v) is 5.91. The molecule has 3 aliphatic rings. The Morgan fingerprint density at radius 1 is 1.00 bits per heavy atom. The van der Waals surface area contributed by atoms with Crippen LogP contribution in [-0.2, 0) is 4.74 Å². The maximum Gasteiger partial charge on any atom is 0.225 e. The van der Waals surface area contributed by atoms with E-state index < -0.39 is 0 Å². The predicted octanol–water partition coefficient (Wildman–Crippen LogP) is 1.63. The second-order valence-electron chi connectivity index (χ2n) is 8.11. The summed E-state index contributed by atoms with van der Waals surface area (Å²) in [6.07, 6.45) is 7.52. The molecule has 0 amide bonds. The van der Waals surface area contributed by atoms with Gasteiger partial charge in [-0.05, 0) is 38.6 Å². The zero-order valence-corrected chi connectivity index (χ0v) is 15.7. The van der Waals surface area contributed by atoms with E-state index in [2.05, 4.69) is 31.7 Å². The highest BCUT2D eigenvalue weighted by Crippen LogP contribution is 2.24. The standard InChI is InChI=1S/C19H30FN5O/c1-23-12-15(13-23)14-24-6-2-17(3-7-24)26-18-4-8-25(9-5-18)19-21-10-16(20)11-22-19/h10-11,15,17-18H,2-9,12-14H2,1H3. The van der Waals surface area contributed by atoms with E-state index in [1.54, 1.807) is 0 Å². The molecule has 0 N–H and O–H groups in total. The van der Waals surface area contributed by atoms with Crippen LogP contribution in [0, 0.1) is 11.7 Å². The van der Waals surface area contributed by atoms with Gasteiger partial charge < -0.3 is 19.4 Å². The van der Waals surface area contributed by atoms with Crippen molar-refractivity contribution in [2.45, 2.75) is 37.9 Å². The summed E-state index contributed by atoms with van der Waals surface area (Å²) >= 11 is 0. The molecule has 0 aromatic carbocycles. The van der Waals surface area contributed by atoms with Crippen LogP contribution in [0.1, 0.15) is 25.7 Å². The van der Waals surface area contributed by atoms with Crippen molar-refractivity contribution in [2.75, 3.05) is 57.8 Å². The monoisotopic (exact) mass is 363 g/mol. The number of hydrogen-bond acceptors (Lipinski definition) is 6. The normalized spacial score (nSPS) is 24.8. The molecule has 144 valence electrons. The highest BCUT2D eigenvalue weighted by molar-refractivity contribution is 5.29. The van der Waals surface area contributed by atoms with E-state index in [0.29, 0.717) is 18.2 Å². The molecule has 0 radical (unpaired) electrons.